The van der Waals surface area contributed by atoms with Crippen molar-refractivity contribution in [2.24, 2.45) is 0 Å². The first kappa shape index (κ1) is 16.0. The molecular weight excluding hydrogens is 292 g/mol. The van der Waals surface area contributed by atoms with Crippen molar-refractivity contribution in [1.29, 1.82) is 0 Å². The molecule has 2 heterocycles. The average Bonchev–Trinajstić information content (AvgIpc) is 2.84. The van der Waals surface area contributed by atoms with E-state index in [1.165, 1.54) is 0 Å². The summed E-state index contributed by atoms with van der Waals surface area (Å²) in [5.74, 6) is 2.36. The molecule has 0 atom stereocenters. The van der Waals surface area contributed by atoms with Crippen molar-refractivity contribution in [3.63, 3.8) is 0 Å². The van der Waals surface area contributed by atoms with Crippen molar-refractivity contribution in [2.75, 3.05) is 39.3 Å². The molecule has 6 nitrogen and oxygen atoms in total. The van der Waals surface area contributed by atoms with Crippen LogP contribution in [0.2, 0.25) is 0 Å². The Bertz CT molecular complexity index is 587. The molecule has 0 saturated carbocycles. The summed E-state index contributed by atoms with van der Waals surface area (Å²) in [5.41, 5.74) is 0. The normalized spacial score (nSPS) is 17.1. The Morgan fingerprint density at radius 3 is 2.65 bits per heavy atom. The quantitative estimate of drug-likeness (QED) is 0.812. The van der Waals surface area contributed by atoms with Crippen LogP contribution in [0.15, 0.2) is 34.9 Å². The van der Waals surface area contributed by atoms with Gasteiger partial charge in [-0.15, -0.1) is 0 Å². The minimum absolute atomic E-state index is 0.634. The van der Waals surface area contributed by atoms with Gasteiger partial charge >= 0.3 is 0 Å². The third-order valence-electron chi connectivity index (χ3n) is 4.04. The van der Waals surface area contributed by atoms with Gasteiger partial charge in [0, 0.05) is 26.6 Å². The number of ether oxygens (including phenoxy) is 1. The fourth-order valence-electron chi connectivity index (χ4n) is 2.82. The SMILES string of the molecule is Cc1nc(CN2CCCN(CCOc3ccccc3)CC2)no1. The van der Waals surface area contributed by atoms with Crippen LogP contribution in [0.25, 0.3) is 0 Å². The molecule has 3 rings (SSSR count). The van der Waals surface area contributed by atoms with Crippen molar-refractivity contribution >= 4 is 0 Å². The molecule has 1 saturated heterocycles. The van der Waals surface area contributed by atoms with E-state index in [2.05, 4.69) is 19.9 Å². The fraction of sp³-hybridized carbons (Fsp3) is 0.529. The second-order valence-corrected chi connectivity index (χ2v) is 5.86. The van der Waals surface area contributed by atoms with Crippen LogP contribution in [0.3, 0.4) is 0 Å². The van der Waals surface area contributed by atoms with Gasteiger partial charge in [0.15, 0.2) is 5.82 Å². The highest BCUT2D eigenvalue weighted by Crippen LogP contribution is 2.10. The second kappa shape index (κ2) is 8.08. The van der Waals surface area contributed by atoms with Gasteiger partial charge in [-0.05, 0) is 31.6 Å². The van der Waals surface area contributed by atoms with Crippen molar-refractivity contribution in [3.05, 3.63) is 42.0 Å². The average molecular weight is 316 g/mol. The number of aromatic nitrogens is 2. The summed E-state index contributed by atoms with van der Waals surface area (Å²) in [5, 5.41) is 3.98. The van der Waals surface area contributed by atoms with E-state index in [-0.39, 0.29) is 0 Å². The van der Waals surface area contributed by atoms with Gasteiger partial charge in [0.2, 0.25) is 5.89 Å². The molecule has 0 unspecified atom stereocenters. The first-order chi connectivity index (χ1) is 11.3. The molecule has 0 spiro atoms. The molecule has 1 aromatic heterocycles. The molecule has 1 fully saturated rings. The summed E-state index contributed by atoms with van der Waals surface area (Å²) in [6, 6.07) is 9.99. The zero-order valence-corrected chi connectivity index (χ0v) is 13.6. The topological polar surface area (TPSA) is 54.6 Å². The van der Waals surface area contributed by atoms with Gasteiger partial charge in [-0.25, -0.2) is 0 Å². The summed E-state index contributed by atoms with van der Waals surface area (Å²) < 4.78 is 10.8. The van der Waals surface area contributed by atoms with E-state index in [1.54, 1.807) is 0 Å². The molecule has 1 aromatic carbocycles. The standard InChI is InChI=1S/C17H24N4O2/c1-15-18-17(19-23-15)14-21-9-5-8-20(10-11-21)12-13-22-16-6-3-2-4-7-16/h2-4,6-7H,5,8-14H2,1H3. The van der Waals surface area contributed by atoms with Gasteiger partial charge in [0.25, 0.3) is 0 Å². The van der Waals surface area contributed by atoms with E-state index in [4.69, 9.17) is 9.26 Å². The van der Waals surface area contributed by atoms with Crippen LogP contribution in [0.5, 0.6) is 5.75 Å². The minimum Gasteiger partial charge on any atom is -0.492 e. The fourth-order valence-corrected chi connectivity index (χ4v) is 2.82. The van der Waals surface area contributed by atoms with Crippen molar-refractivity contribution in [3.8, 4) is 5.75 Å². The minimum atomic E-state index is 0.634. The predicted octanol–water partition coefficient (Wildman–Crippen LogP) is 1.96. The second-order valence-electron chi connectivity index (χ2n) is 5.86. The van der Waals surface area contributed by atoms with Crippen LogP contribution in [0.1, 0.15) is 18.1 Å². The zero-order valence-electron chi connectivity index (χ0n) is 13.6. The molecule has 6 heteroatoms. The smallest absolute Gasteiger partial charge is 0.223 e. The summed E-state index contributed by atoms with van der Waals surface area (Å²) in [7, 11) is 0. The number of rotatable bonds is 6. The third kappa shape index (κ3) is 5.04. The molecule has 2 aromatic rings. The Morgan fingerprint density at radius 2 is 1.87 bits per heavy atom. The van der Waals surface area contributed by atoms with Crippen LogP contribution < -0.4 is 4.74 Å². The summed E-state index contributed by atoms with van der Waals surface area (Å²) in [4.78, 5) is 9.14. The summed E-state index contributed by atoms with van der Waals surface area (Å²) >= 11 is 0. The van der Waals surface area contributed by atoms with E-state index in [1.807, 2.05) is 37.3 Å². The molecule has 1 aliphatic heterocycles. The van der Waals surface area contributed by atoms with Crippen molar-refractivity contribution < 1.29 is 9.26 Å². The lowest BCUT2D eigenvalue weighted by Crippen LogP contribution is -2.33. The van der Waals surface area contributed by atoms with E-state index < -0.39 is 0 Å². The lowest BCUT2D eigenvalue weighted by molar-refractivity contribution is 0.206. The first-order valence-corrected chi connectivity index (χ1v) is 8.21. The lowest BCUT2D eigenvalue weighted by atomic mass is 10.3. The Balaban J connectivity index is 1.39. The van der Waals surface area contributed by atoms with Gasteiger partial charge < -0.3 is 9.26 Å². The van der Waals surface area contributed by atoms with Gasteiger partial charge in [0.1, 0.15) is 12.4 Å². The van der Waals surface area contributed by atoms with Crippen LogP contribution in [0.4, 0.5) is 0 Å². The van der Waals surface area contributed by atoms with E-state index in [0.29, 0.717) is 5.89 Å². The number of para-hydroxylation sites is 1. The van der Waals surface area contributed by atoms with E-state index >= 15 is 0 Å². The molecule has 0 N–H and O–H groups in total. The van der Waals surface area contributed by atoms with Crippen molar-refractivity contribution in [1.82, 2.24) is 19.9 Å². The molecule has 0 radical (unpaired) electrons. The van der Waals surface area contributed by atoms with Crippen LogP contribution in [0, 0.1) is 6.92 Å². The molecule has 0 amide bonds. The highest BCUT2D eigenvalue weighted by Gasteiger charge is 2.16. The number of hydrogen-bond acceptors (Lipinski definition) is 6. The maximum atomic E-state index is 5.79. The van der Waals surface area contributed by atoms with Gasteiger partial charge in [0.05, 0.1) is 6.54 Å². The summed E-state index contributed by atoms with van der Waals surface area (Å²) in [6.45, 7) is 8.55. The molecule has 124 valence electrons. The predicted molar refractivity (Wildman–Crippen MR) is 87.3 cm³/mol. The third-order valence-corrected chi connectivity index (χ3v) is 4.04. The summed E-state index contributed by atoms with van der Waals surface area (Å²) in [6.07, 6.45) is 1.15. The molecule has 23 heavy (non-hydrogen) atoms. The monoisotopic (exact) mass is 316 g/mol. The Labute approximate surface area is 137 Å². The van der Waals surface area contributed by atoms with E-state index in [9.17, 15) is 0 Å². The first-order valence-electron chi connectivity index (χ1n) is 8.21. The molecule has 0 bridgehead atoms. The molecule has 1 aliphatic rings. The Hall–Kier alpha value is -1.92. The van der Waals surface area contributed by atoms with Gasteiger partial charge in [-0.3, -0.25) is 9.80 Å². The van der Waals surface area contributed by atoms with Gasteiger partial charge in [-0.2, -0.15) is 4.98 Å². The highest BCUT2D eigenvalue weighted by atomic mass is 16.5. The van der Waals surface area contributed by atoms with Crippen molar-refractivity contribution in [2.45, 2.75) is 19.9 Å². The zero-order chi connectivity index (χ0) is 15.9. The largest absolute Gasteiger partial charge is 0.492 e. The van der Waals surface area contributed by atoms with Crippen LogP contribution in [-0.4, -0.2) is 59.3 Å². The number of hydrogen-bond donors (Lipinski definition) is 0. The maximum Gasteiger partial charge on any atom is 0.223 e. The highest BCUT2D eigenvalue weighted by molar-refractivity contribution is 5.20. The Kier molecular flexibility index (Phi) is 5.60. The Morgan fingerprint density at radius 1 is 1.09 bits per heavy atom. The maximum absolute atomic E-state index is 5.79. The number of benzene rings is 1. The lowest BCUT2D eigenvalue weighted by Gasteiger charge is -2.21. The van der Waals surface area contributed by atoms with Crippen LogP contribution >= 0.6 is 0 Å². The molecular formula is C17H24N4O2. The van der Waals surface area contributed by atoms with Crippen LogP contribution in [-0.2, 0) is 6.54 Å². The van der Waals surface area contributed by atoms with Gasteiger partial charge in [-0.1, -0.05) is 23.4 Å². The van der Waals surface area contributed by atoms with E-state index in [0.717, 1.165) is 63.9 Å². The number of aryl methyl sites for hydroxylation is 1. The number of nitrogens with zero attached hydrogens (tertiary/aromatic N) is 4. The molecule has 0 aliphatic carbocycles.